The van der Waals surface area contributed by atoms with Gasteiger partial charge in [-0.15, -0.1) is 0 Å². The molecule has 1 saturated heterocycles. The van der Waals surface area contributed by atoms with Crippen molar-refractivity contribution < 1.29 is 0 Å². The van der Waals surface area contributed by atoms with Crippen LogP contribution in [0.15, 0.2) is 24.8 Å². The highest BCUT2D eigenvalue weighted by molar-refractivity contribution is 5.01. The molecule has 0 saturated carbocycles. The molecular formula is C17H26N6. The van der Waals surface area contributed by atoms with Crippen molar-refractivity contribution >= 4 is 0 Å². The summed E-state index contributed by atoms with van der Waals surface area (Å²) in [6.45, 7) is 12.4. The highest BCUT2D eigenvalue weighted by atomic mass is 15.3. The van der Waals surface area contributed by atoms with E-state index in [0.717, 1.165) is 56.5 Å². The molecule has 124 valence electrons. The molecule has 23 heavy (non-hydrogen) atoms. The average molecular weight is 314 g/mol. The van der Waals surface area contributed by atoms with E-state index in [2.05, 4.69) is 49.4 Å². The Morgan fingerprint density at radius 2 is 2.00 bits per heavy atom. The van der Waals surface area contributed by atoms with Crippen LogP contribution in [0.1, 0.15) is 31.1 Å². The normalized spacial score (nSPS) is 20.0. The summed E-state index contributed by atoms with van der Waals surface area (Å²) < 4.78 is 2.22. The van der Waals surface area contributed by atoms with Gasteiger partial charge >= 0.3 is 0 Å². The molecule has 1 aliphatic rings. The molecule has 2 aromatic rings. The summed E-state index contributed by atoms with van der Waals surface area (Å²) in [6, 6.07) is 0.518. The van der Waals surface area contributed by atoms with Crippen molar-refractivity contribution in [2.45, 2.75) is 46.4 Å². The predicted molar refractivity (Wildman–Crippen MR) is 89.8 cm³/mol. The van der Waals surface area contributed by atoms with Crippen molar-refractivity contribution in [1.29, 1.82) is 0 Å². The second-order valence-corrected chi connectivity index (χ2v) is 6.33. The predicted octanol–water partition coefficient (Wildman–Crippen LogP) is 1.71. The van der Waals surface area contributed by atoms with E-state index in [1.165, 1.54) is 0 Å². The highest BCUT2D eigenvalue weighted by Crippen LogP contribution is 2.15. The fraction of sp³-hybridized carbons (Fsp3) is 0.588. The third kappa shape index (κ3) is 3.95. The maximum absolute atomic E-state index is 4.50. The summed E-state index contributed by atoms with van der Waals surface area (Å²) in [5.74, 6) is 1.16. The Kier molecular flexibility index (Phi) is 5.03. The number of piperazine rings is 1. The second-order valence-electron chi connectivity index (χ2n) is 6.33. The van der Waals surface area contributed by atoms with Crippen LogP contribution in [0.5, 0.6) is 0 Å². The van der Waals surface area contributed by atoms with E-state index < -0.39 is 0 Å². The van der Waals surface area contributed by atoms with E-state index in [1.54, 1.807) is 0 Å². The molecular weight excluding hydrogens is 288 g/mol. The first kappa shape index (κ1) is 16.1. The molecule has 1 fully saturated rings. The van der Waals surface area contributed by atoms with Crippen molar-refractivity contribution in [1.82, 2.24) is 29.3 Å². The quantitative estimate of drug-likeness (QED) is 0.841. The third-order valence-electron chi connectivity index (χ3n) is 4.56. The van der Waals surface area contributed by atoms with E-state index >= 15 is 0 Å². The molecule has 0 N–H and O–H groups in total. The molecule has 0 unspecified atom stereocenters. The van der Waals surface area contributed by atoms with Crippen LogP contribution in [0.3, 0.4) is 0 Å². The van der Waals surface area contributed by atoms with Gasteiger partial charge in [-0.25, -0.2) is 4.98 Å². The fourth-order valence-electron chi connectivity index (χ4n) is 3.14. The smallest absolute Gasteiger partial charge is 0.122 e. The Balaban J connectivity index is 1.55. The molecule has 6 heteroatoms. The second kappa shape index (κ2) is 7.19. The Morgan fingerprint density at radius 1 is 1.13 bits per heavy atom. The monoisotopic (exact) mass is 314 g/mol. The van der Waals surface area contributed by atoms with E-state index in [1.807, 2.05) is 25.5 Å². The first-order valence-corrected chi connectivity index (χ1v) is 8.39. The van der Waals surface area contributed by atoms with Gasteiger partial charge in [0.2, 0.25) is 0 Å². The largest absolute Gasteiger partial charge is 0.334 e. The van der Waals surface area contributed by atoms with Gasteiger partial charge in [0.1, 0.15) is 5.82 Å². The Hall–Kier alpha value is -1.79. The maximum atomic E-state index is 4.50. The number of rotatable bonds is 5. The topological polar surface area (TPSA) is 50.1 Å². The standard InChI is InChI=1S/C17H26N6/c1-4-22-6-5-18-17(22)13-23-8-7-21(11-15(23)3)12-16-10-19-14(2)9-20-16/h5-6,9-10,15H,4,7-8,11-13H2,1-3H3/t15-/m0/s1. The Labute approximate surface area is 138 Å². The van der Waals surface area contributed by atoms with Crippen molar-refractivity contribution in [2.24, 2.45) is 0 Å². The highest BCUT2D eigenvalue weighted by Gasteiger charge is 2.24. The summed E-state index contributed by atoms with van der Waals surface area (Å²) in [5, 5.41) is 0. The van der Waals surface area contributed by atoms with Crippen LogP contribution in [0.4, 0.5) is 0 Å². The van der Waals surface area contributed by atoms with Gasteiger partial charge in [-0.2, -0.15) is 0 Å². The van der Waals surface area contributed by atoms with Gasteiger partial charge in [-0.3, -0.25) is 19.8 Å². The van der Waals surface area contributed by atoms with Crippen LogP contribution >= 0.6 is 0 Å². The maximum Gasteiger partial charge on any atom is 0.122 e. The number of aryl methyl sites for hydroxylation is 2. The van der Waals surface area contributed by atoms with Crippen molar-refractivity contribution in [2.75, 3.05) is 19.6 Å². The lowest BCUT2D eigenvalue weighted by atomic mass is 10.2. The van der Waals surface area contributed by atoms with Gasteiger partial charge in [-0.1, -0.05) is 0 Å². The summed E-state index contributed by atoms with van der Waals surface area (Å²) in [5.41, 5.74) is 2.02. The van der Waals surface area contributed by atoms with Crippen molar-refractivity contribution in [3.05, 3.63) is 42.0 Å². The van der Waals surface area contributed by atoms with Crippen LogP contribution in [0, 0.1) is 6.92 Å². The van der Waals surface area contributed by atoms with Crippen LogP contribution in [0.25, 0.3) is 0 Å². The zero-order chi connectivity index (χ0) is 16.2. The molecule has 3 heterocycles. The average Bonchev–Trinajstić information content (AvgIpc) is 2.99. The van der Waals surface area contributed by atoms with Gasteiger partial charge in [-0.05, 0) is 20.8 Å². The molecule has 2 aromatic heterocycles. The lowest BCUT2D eigenvalue weighted by Gasteiger charge is -2.39. The molecule has 3 rings (SSSR count). The van der Waals surface area contributed by atoms with E-state index in [4.69, 9.17) is 0 Å². The SMILES string of the molecule is CCn1ccnc1CN1CCN(Cc2cnc(C)cn2)C[C@@H]1C. The molecule has 0 radical (unpaired) electrons. The minimum Gasteiger partial charge on any atom is -0.334 e. The van der Waals surface area contributed by atoms with Crippen LogP contribution in [0.2, 0.25) is 0 Å². The summed E-state index contributed by atoms with van der Waals surface area (Å²) in [6.07, 6.45) is 7.70. The number of nitrogens with zero attached hydrogens (tertiary/aromatic N) is 6. The number of imidazole rings is 1. The number of hydrogen-bond acceptors (Lipinski definition) is 5. The molecule has 0 aromatic carbocycles. The van der Waals surface area contributed by atoms with E-state index in [-0.39, 0.29) is 0 Å². The molecule has 1 aliphatic heterocycles. The Morgan fingerprint density at radius 3 is 2.70 bits per heavy atom. The molecule has 0 amide bonds. The van der Waals surface area contributed by atoms with Gasteiger partial charge in [0.25, 0.3) is 0 Å². The van der Waals surface area contributed by atoms with E-state index in [0.29, 0.717) is 6.04 Å². The lowest BCUT2D eigenvalue weighted by Crippen LogP contribution is -2.51. The van der Waals surface area contributed by atoms with Gasteiger partial charge in [0, 0.05) is 63.6 Å². The minimum atomic E-state index is 0.518. The zero-order valence-electron chi connectivity index (χ0n) is 14.3. The molecule has 0 bridgehead atoms. The van der Waals surface area contributed by atoms with Crippen molar-refractivity contribution in [3.63, 3.8) is 0 Å². The first-order valence-electron chi connectivity index (χ1n) is 8.39. The lowest BCUT2D eigenvalue weighted by molar-refractivity contribution is 0.0697. The van der Waals surface area contributed by atoms with Gasteiger partial charge in [0.05, 0.1) is 17.9 Å². The Bertz CT molecular complexity index is 620. The summed E-state index contributed by atoms with van der Waals surface area (Å²) in [4.78, 5) is 18.3. The summed E-state index contributed by atoms with van der Waals surface area (Å²) >= 11 is 0. The zero-order valence-corrected chi connectivity index (χ0v) is 14.3. The van der Waals surface area contributed by atoms with Gasteiger partial charge in [0.15, 0.2) is 0 Å². The third-order valence-corrected chi connectivity index (χ3v) is 4.56. The minimum absolute atomic E-state index is 0.518. The van der Waals surface area contributed by atoms with Crippen LogP contribution < -0.4 is 0 Å². The van der Waals surface area contributed by atoms with Crippen molar-refractivity contribution in [3.8, 4) is 0 Å². The van der Waals surface area contributed by atoms with Crippen LogP contribution in [-0.4, -0.2) is 55.0 Å². The van der Waals surface area contributed by atoms with Gasteiger partial charge < -0.3 is 4.57 Å². The number of hydrogen-bond donors (Lipinski definition) is 0. The fourth-order valence-corrected chi connectivity index (χ4v) is 3.14. The molecule has 1 atom stereocenters. The summed E-state index contributed by atoms with van der Waals surface area (Å²) in [7, 11) is 0. The first-order chi connectivity index (χ1) is 11.2. The van der Waals surface area contributed by atoms with E-state index in [9.17, 15) is 0 Å². The molecule has 0 spiro atoms. The molecule has 6 nitrogen and oxygen atoms in total. The van der Waals surface area contributed by atoms with Crippen LogP contribution in [-0.2, 0) is 19.6 Å². The molecule has 0 aliphatic carbocycles. The number of aromatic nitrogens is 4.